The van der Waals surface area contributed by atoms with E-state index < -0.39 is 0 Å². The van der Waals surface area contributed by atoms with E-state index in [1.807, 2.05) is 12.1 Å². The van der Waals surface area contributed by atoms with Gasteiger partial charge in [-0.3, -0.25) is 0 Å². The van der Waals surface area contributed by atoms with Crippen LogP contribution in [0.1, 0.15) is 6.42 Å². The zero-order valence-corrected chi connectivity index (χ0v) is 15.2. The summed E-state index contributed by atoms with van der Waals surface area (Å²) in [6.07, 6.45) is 2.66. The van der Waals surface area contributed by atoms with Gasteiger partial charge in [0.1, 0.15) is 17.4 Å². The van der Waals surface area contributed by atoms with Gasteiger partial charge >= 0.3 is 0 Å². The predicted octanol–water partition coefficient (Wildman–Crippen LogP) is 4.49. The first-order valence-corrected chi connectivity index (χ1v) is 9.16. The average molecular weight is 382 g/mol. The molecule has 0 amide bonds. The third-order valence-corrected chi connectivity index (χ3v) is 4.69. The molecule has 144 valence electrons. The highest BCUT2D eigenvalue weighted by Crippen LogP contribution is 2.24. The normalized spacial score (nSPS) is 16.2. The first-order valence-electron chi connectivity index (χ1n) is 9.16. The van der Waals surface area contributed by atoms with Gasteiger partial charge in [-0.15, -0.1) is 0 Å². The van der Waals surface area contributed by atoms with Crippen molar-refractivity contribution in [2.45, 2.75) is 6.42 Å². The second-order valence-electron chi connectivity index (χ2n) is 6.73. The fourth-order valence-corrected chi connectivity index (χ4v) is 3.23. The molecule has 1 unspecified atom stereocenters. The lowest BCUT2D eigenvalue weighted by atomic mass is 10.1. The second-order valence-corrected chi connectivity index (χ2v) is 6.73. The maximum atomic E-state index is 13.1. The van der Waals surface area contributed by atoms with Gasteiger partial charge in [-0.05, 0) is 60.9 Å². The van der Waals surface area contributed by atoms with E-state index in [9.17, 15) is 8.78 Å². The molecule has 1 aromatic heterocycles. The molecule has 1 N–H and O–H groups in total. The van der Waals surface area contributed by atoms with Crippen LogP contribution in [0.2, 0.25) is 0 Å². The summed E-state index contributed by atoms with van der Waals surface area (Å²) in [6, 6.07) is 14.0. The number of nitrogens with zero attached hydrogens (tertiary/aromatic N) is 3. The molecule has 3 aromatic rings. The van der Waals surface area contributed by atoms with Crippen molar-refractivity contribution in [2.75, 3.05) is 29.9 Å². The molecular weight excluding hydrogens is 362 g/mol. The Labute approximate surface area is 162 Å². The number of hydrogen-bond acceptors (Lipinski definition) is 5. The summed E-state index contributed by atoms with van der Waals surface area (Å²) in [7, 11) is 0. The molecule has 0 spiro atoms. The van der Waals surface area contributed by atoms with E-state index in [-0.39, 0.29) is 11.6 Å². The summed E-state index contributed by atoms with van der Waals surface area (Å²) >= 11 is 0. The van der Waals surface area contributed by atoms with Crippen molar-refractivity contribution in [1.82, 2.24) is 9.97 Å². The number of nitrogens with one attached hydrogen (secondary N) is 1. The van der Waals surface area contributed by atoms with Crippen molar-refractivity contribution in [3.8, 4) is 11.6 Å². The lowest BCUT2D eigenvalue weighted by Gasteiger charge is -2.18. The van der Waals surface area contributed by atoms with Crippen LogP contribution in [0, 0.1) is 17.6 Å². The van der Waals surface area contributed by atoms with Crippen molar-refractivity contribution >= 4 is 11.6 Å². The predicted molar refractivity (Wildman–Crippen MR) is 104 cm³/mol. The average Bonchev–Trinajstić information content (AvgIpc) is 3.18. The van der Waals surface area contributed by atoms with E-state index in [4.69, 9.17) is 4.74 Å². The molecule has 0 aliphatic carbocycles. The summed E-state index contributed by atoms with van der Waals surface area (Å²) in [6.45, 7) is 2.56. The molecule has 5 nitrogen and oxygen atoms in total. The fraction of sp³-hybridized carbons (Fsp3) is 0.238. The van der Waals surface area contributed by atoms with Gasteiger partial charge in [0.2, 0.25) is 11.8 Å². The summed E-state index contributed by atoms with van der Waals surface area (Å²) in [5.74, 6) is 1.29. The van der Waals surface area contributed by atoms with Crippen LogP contribution in [-0.4, -0.2) is 29.6 Å². The van der Waals surface area contributed by atoms with Crippen molar-refractivity contribution in [1.29, 1.82) is 0 Å². The molecule has 0 radical (unpaired) electrons. The molecule has 0 saturated carbocycles. The maximum Gasteiger partial charge on any atom is 0.225 e. The zero-order valence-electron chi connectivity index (χ0n) is 15.2. The second kappa shape index (κ2) is 8.21. The third kappa shape index (κ3) is 4.54. The minimum atomic E-state index is -0.316. The summed E-state index contributed by atoms with van der Waals surface area (Å²) < 4.78 is 31.7. The van der Waals surface area contributed by atoms with E-state index in [0.717, 1.165) is 31.7 Å². The Hall–Kier alpha value is -3.22. The van der Waals surface area contributed by atoms with Gasteiger partial charge in [-0.25, -0.2) is 13.8 Å². The summed E-state index contributed by atoms with van der Waals surface area (Å²) in [5, 5.41) is 3.25. The Morgan fingerprint density at radius 1 is 1.00 bits per heavy atom. The highest BCUT2D eigenvalue weighted by Gasteiger charge is 2.22. The highest BCUT2D eigenvalue weighted by molar-refractivity contribution is 5.47. The Morgan fingerprint density at radius 3 is 2.46 bits per heavy atom. The maximum absolute atomic E-state index is 13.1. The number of aromatic nitrogens is 2. The molecule has 1 atom stereocenters. The van der Waals surface area contributed by atoms with E-state index in [0.29, 0.717) is 23.5 Å². The smallest absolute Gasteiger partial charge is 0.225 e. The zero-order chi connectivity index (χ0) is 19.3. The van der Waals surface area contributed by atoms with Crippen molar-refractivity contribution in [3.05, 3.63) is 72.4 Å². The highest BCUT2D eigenvalue weighted by atomic mass is 19.1. The Bertz CT molecular complexity index is 918. The van der Waals surface area contributed by atoms with E-state index >= 15 is 0 Å². The van der Waals surface area contributed by atoms with E-state index in [1.165, 1.54) is 24.3 Å². The standard InChI is InChI=1S/C21H20F2N4O/c22-16-1-5-18(6-2-16)27-12-10-15(14-27)13-25-21-24-11-9-20(26-21)28-19-7-3-17(23)4-8-19/h1-9,11,15H,10,12-14H2,(H,24,25,26). The molecule has 1 aliphatic heterocycles. The molecule has 2 heterocycles. The van der Waals surface area contributed by atoms with Gasteiger partial charge in [0, 0.05) is 37.6 Å². The van der Waals surface area contributed by atoms with Crippen molar-refractivity contribution in [3.63, 3.8) is 0 Å². The van der Waals surface area contributed by atoms with Crippen LogP contribution in [0.4, 0.5) is 20.4 Å². The molecule has 7 heteroatoms. The minimum Gasteiger partial charge on any atom is -0.439 e. The SMILES string of the molecule is Fc1ccc(Oc2ccnc(NCC3CCN(c4ccc(F)cc4)C3)n2)cc1. The quantitative estimate of drug-likeness (QED) is 0.681. The molecule has 1 aliphatic rings. The van der Waals surface area contributed by atoms with Crippen LogP contribution in [-0.2, 0) is 0 Å². The van der Waals surface area contributed by atoms with E-state index in [1.54, 1.807) is 24.4 Å². The molecule has 1 fully saturated rings. The minimum absolute atomic E-state index is 0.221. The first-order chi connectivity index (χ1) is 13.7. The van der Waals surface area contributed by atoms with Crippen LogP contribution in [0.15, 0.2) is 60.8 Å². The number of benzene rings is 2. The van der Waals surface area contributed by atoms with Gasteiger partial charge in [-0.2, -0.15) is 4.98 Å². The van der Waals surface area contributed by atoms with Crippen LogP contribution in [0.5, 0.6) is 11.6 Å². The summed E-state index contributed by atoms with van der Waals surface area (Å²) in [4.78, 5) is 10.8. The topological polar surface area (TPSA) is 50.3 Å². The molecule has 4 rings (SSSR count). The lowest BCUT2D eigenvalue weighted by molar-refractivity contribution is 0.460. The molecule has 0 bridgehead atoms. The molecular formula is C21H20F2N4O. The number of hydrogen-bond donors (Lipinski definition) is 1. The van der Waals surface area contributed by atoms with E-state index in [2.05, 4.69) is 20.2 Å². The van der Waals surface area contributed by atoms with Crippen LogP contribution >= 0.6 is 0 Å². The molecule has 1 saturated heterocycles. The lowest BCUT2D eigenvalue weighted by Crippen LogP contribution is -2.22. The number of anilines is 2. The Morgan fingerprint density at radius 2 is 1.71 bits per heavy atom. The van der Waals surface area contributed by atoms with Crippen LogP contribution < -0.4 is 15.0 Å². The third-order valence-electron chi connectivity index (χ3n) is 4.69. The Kier molecular flexibility index (Phi) is 5.32. The van der Waals surface area contributed by atoms with Gasteiger partial charge in [0.25, 0.3) is 0 Å². The number of halogens is 2. The van der Waals surface area contributed by atoms with Crippen LogP contribution in [0.25, 0.3) is 0 Å². The largest absolute Gasteiger partial charge is 0.439 e. The van der Waals surface area contributed by atoms with Gasteiger partial charge < -0.3 is 15.0 Å². The van der Waals surface area contributed by atoms with Crippen molar-refractivity contribution < 1.29 is 13.5 Å². The first kappa shape index (κ1) is 18.2. The van der Waals surface area contributed by atoms with Gasteiger partial charge in [0.15, 0.2) is 0 Å². The van der Waals surface area contributed by atoms with Crippen molar-refractivity contribution in [2.24, 2.45) is 5.92 Å². The van der Waals surface area contributed by atoms with Gasteiger partial charge in [0.05, 0.1) is 0 Å². The Balaban J connectivity index is 1.31. The van der Waals surface area contributed by atoms with Gasteiger partial charge in [-0.1, -0.05) is 0 Å². The monoisotopic (exact) mass is 382 g/mol. The number of rotatable bonds is 6. The number of ether oxygens (including phenoxy) is 1. The molecule has 28 heavy (non-hydrogen) atoms. The fourth-order valence-electron chi connectivity index (χ4n) is 3.23. The van der Waals surface area contributed by atoms with Crippen LogP contribution in [0.3, 0.4) is 0 Å². The molecule has 2 aromatic carbocycles. The summed E-state index contributed by atoms with van der Waals surface area (Å²) in [5.41, 5.74) is 1.04.